The highest BCUT2D eigenvalue weighted by Crippen LogP contribution is 2.24. The van der Waals surface area contributed by atoms with Gasteiger partial charge in [0.2, 0.25) is 5.91 Å². The number of methoxy groups -OCH3 is 1. The van der Waals surface area contributed by atoms with Crippen molar-refractivity contribution >= 4 is 28.3 Å². The Morgan fingerprint density at radius 3 is 2.37 bits per heavy atom. The third-order valence-electron chi connectivity index (χ3n) is 4.45. The molecule has 7 nitrogen and oxygen atoms in total. The fourth-order valence-corrected chi connectivity index (χ4v) is 3.18. The average molecular weight is 368 g/mol. The van der Waals surface area contributed by atoms with Crippen LogP contribution in [0.4, 0.5) is 11.4 Å². The monoisotopic (exact) mass is 368 g/mol. The third-order valence-corrected chi connectivity index (χ3v) is 4.45. The van der Waals surface area contributed by atoms with Crippen LogP contribution in [0.15, 0.2) is 47.3 Å². The molecular formula is C20H24N4O3. The number of benzene rings is 2. The molecule has 7 heteroatoms. The van der Waals surface area contributed by atoms with Gasteiger partial charge in [0.25, 0.3) is 0 Å². The van der Waals surface area contributed by atoms with Crippen molar-refractivity contribution in [3.63, 3.8) is 0 Å². The predicted octanol–water partition coefficient (Wildman–Crippen LogP) is 2.83. The third kappa shape index (κ3) is 3.81. The lowest BCUT2D eigenvalue weighted by molar-refractivity contribution is -0.116. The number of nitrogens with two attached hydrogens (primary N) is 1. The Kier molecular flexibility index (Phi) is 5.49. The van der Waals surface area contributed by atoms with Crippen LogP contribution in [0.3, 0.4) is 0 Å². The molecule has 0 aliphatic carbocycles. The van der Waals surface area contributed by atoms with Crippen molar-refractivity contribution in [3.8, 4) is 5.75 Å². The number of aryl methyl sites for hydroxylation is 2. The maximum Gasteiger partial charge on any atom is 0.329 e. The zero-order valence-corrected chi connectivity index (χ0v) is 15.6. The molecule has 3 N–H and O–H groups in total. The molecule has 1 aromatic heterocycles. The summed E-state index contributed by atoms with van der Waals surface area (Å²) in [7, 11) is 1.54. The van der Waals surface area contributed by atoms with E-state index < -0.39 is 0 Å². The molecule has 0 bridgehead atoms. The molecule has 3 aromatic rings. The molecule has 0 fully saturated rings. The molecule has 0 saturated carbocycles. The van der Waals surface area contributed by atoms with Gasteiger partial charge in [-0.1, -0.05) is 19.1 Å². The van der Waals surface area contributed by atoms with Gasteiger partial charge < -0.3 is 15.8 Å². The van der Waals surface area contributed by atoms with Gasteiger partial charge in [0.1, 0.15) is 5.75 Å². The maximum absolute atomic E-state index is 12.7. The fraction of sp³-hybridized carbons (Fsp3) is 0.300. The first-order valence-corrected chi connectivity index (χ1v) is 8.96. The van der Waals surface area contributed by atoms with Crippen LogP contribution in [0.5, 0.6) is 5.75 Å². The van der Waals surface area contributed by atoms with Gasteiger partial charge in [0, 0.05) is 25.2 Å². The van der Waals surface area contributed by atoms with Gasteiger partial charge in [0.05, 0.1) is 23.8 Å². The molecular weight excluding hydrogens is 344 g/mol. The summed E-state index contributed by atoms with van der Waals surface area (Å²) in [5, 5.41) is 2.81. The number of carbonyl (C=O) groups excluding carboxylic acids is 1. The van der Waals surface area contributed by atoms with Crippen molar-refractivity contribution in [1.82, 2.24) is 9.13 Å². The lowest BCUT2D eigenvalue weighted by atomic mass is 10.2. The van der Waals surface area contributed by atoms with E-state index in [1.165, 1.54) is 7.11 Å². The van der Waals surface area contributed by atoms with Gasteiger partial charge in [-0.2, -0.15) is 0 Å². The Hall–Kier alpha value is -3.22. The van der Waals surface area contributed by atoms with Crippen LogP contribution in [-0.2, 0) is 17.9 Å². The Morgan fingerprint density at radius 2 is 1.78 bits per heavy atom. The molecule has 0 saturated heterocycles. The standard InChI is InChI=1S/C20H24N4O3/c1-3-11-23-16-6-4-5-7-17(16)24(20(23)26)12-10-19(25)22-14-8-9-18(27-2)15(21)13-14/h4-9,13H,3,10-12,21H2,1-2H3,(H,22,25). The van der Waals surface area contributed by atoms with Gasteiger partial charge in [-0.15, -0.1) is 0 Å². The van der Waals surface area contributed by atoms with E-state index in [-0.39, 0.29) is 18.0 Å². The molecule has 1 amide bonds. The van der Waals surface area contributed by atoms with E-state index in [1.807, 2.05) is 31.2 Å². The molecule has 142 valence electrons. The minimum Gasteiger partial charge on any atom is -0.495 e. The molecule has 0 radical (unpaired) electrons. The van der Waals surface area contributed by atoms with Crippen LogP contribution >= 0.6 is 0 Å². The van der Waals surface area contributed by atoms with Crippen molar-refractivity contribution in [1.29, 1.82) is 0 Å². The number of ether oxygens (including phenoxy) is 1. The number of hydrogen-bond donors (Lipinski definition) is 2. The molecule has 27 heavy (non-hydrogen) atoms. The molecule has 0 atom stereocenters. The van der Waals surface area contributed by atoms with Crippen LogP contribution in [0, 0.1) is 0 Å². The zero-order valence-electron chi connectivity index (χ0n) is 15.6. The summed E-state index contributed by atoms with van der Waals surface area (Å²) >= 11 is 0. The van der Waals surface area contributed by atoms with Crippen LogP contribution in [-0.4, -0.2) is 22.2 Å². The quantitative estimate of drug-likeness (QED) is 0.627. The number of aromatic nitrogens is 2. The van der Waals surface area contributed by atoms with Gasteiger partial charge in [-0.25, -0.2) is 4.79 Å². The second-order valence-electron chi connectivity index (χ2n) is 6.33. The van der Waals surface area contributed by atoms with E-state index >= 15 is 0 Å². The topological polar surface area (TPSA) is 91.3 Å². The minimum atomic E-state index is -0.182. The number of rotatable bonds is 7. The summed E-state index contributed by atoms with van der Waals surface area (Å²) in [5.41, 5.74) is 8.57. The van der Waals surface area contributed by atoms with Crippen molar-refractivity contribution in [3.05, 3.63) is 52.9 Å². The highest BCUT2D eigenvalue weighted by atomic mass is 16.5. The maximum atomic E-state index is 12.7. The number of amides is 1. The molecule has 0 aliphatic rings. The SMILES string of the molecule is CCCn1c(=O)n(CCC(=O)Nc2ccc(OC)c(N)c2)c2ccccc21. The highest BCUT2D eigenvalue weighted by Gasteiger charge is 2.13. The van der Waals surface area contributed by atoms with E-state index in [1.54, 1.807) is 27.3 Å². The van der Waals surface area contributed by atoms with Crippen LogP contribution < -0.4 is 21.5 Å². The van der Waals surface area contributed by atoms with E-state index in [4.69, 9.17) is 10.5 Å². The number of para-hydroxylation sites is 2. The largest absolute Gasteiger partial charge is 0.495 e. The predicted molar refractivity (Wildman–Crippen MR) is 107 cm³/mol. The first kappa shape index (κ1) is 18.6. The summed E-state index contributed by atoms with van der Waals surface area (Å²) in [5.74, 6) is 0.377. The van der Waals surface area contributed by atoms with Gasteiger partial charge in [-0.3, -0.25) is 13.9 Å². The second-order valence-corrected chi connectivity index (χ2v) is 6.33. The number of anilines is 2. The van der Waals surface area contributed by atoms with Gasteiger partial charge in [-0.05, 0) is 36.8 Å². The van der Waals surface area contributed by atoms with Crippen LogP contribution in [0.25, 0.3) is 11.0 Å². The first-order valence-electron chi connectivity index (χ1n) is 8.96. The highest BCUT2D eigenvalue weighted by molar-refractivity contribution is 5.91. The number of hydrogen-bond acceptors (Lipinski definition) is 4. The summed E-state index contributed by atoms with van der Waals surface area (Å²) in [6.45, 7) is 3.00. The Balaban J connectivity index is 1.75. The Bertz CT molecular complexity index is 1020. The van der Waals surface area contributed by atoms with Crippen molar-refractivity contribution < 1.29 is 9.53 Å². The molecule has 0 unspecified atom stereocenters. The average Bonchev–Trinajstić information content (AvgIpc) is 2.92. The summed E-state index contributed by atoms with van der Waals surface area (Å²) < 4.78 is 8.53. The number of carbonyl (C=O) groups is 1. The number of nitrogen functional groups attached to an aromatic ring is 1. The molecule has 1 heterocycles. The van der Waals surface area contributed by atoms with Crippen molar-refractivity contribution in [2.75, 3.05) is 18.2 Å². The summed E-state index contributed by atoms with van der Waals surface area (Å²) in [6.07, 6.45) is 1.05. The molecule has 0 spiro atoms. The molecule has 0 aliphatic heterocycles. The Morgan fingerprint density at radius 1 is 1.11 bits per heavy atom. The summed E-state index contributed by atoms with van der Waals surface area (Å²) in [6, 6.07) is 12.7. The minimum absolute atomic E-state index is 0.0838. The normalized spacial score (nSPS) is 10.9. The number of nitrogens with zero attached hydrogens (tertiary/aromatic N) is 2. The van der Waals surface area contributed by atoms with E-state index in [0.717, 1.165) is 17.5 Å². The molecule has 3 rings (SSSR count). The van der Waals surface area contributed by atoms with Gasteiger partial charge >= 0.3 is 5.69 Å². The van der Waals surface area contributed by atoms with Gasteiger partial charge in [0.15, 0.2) is 0 Å². The smallest absolute Gasteiger partial charge is 0.329 e. The van der Waals surface area contributed by atoms with Crippen LogP contribution in [0.1, 0.15) is 19.8 Å². The first-order chi connectivity index (χ1) is 13.0. The lowest BCUT2D eigenvalue weighted by Gasteiger charge is -2.09. The summed E-state index contributed by atoms with van der Waals surface area (Å²) in [4.78, 5) is 25.1. The fourth-order valence-electron chi connectivity index (χ4n) is 3.18. The lowest BCUT2D eigenvalue weighted by Crippen LogP contribution is -2.26. The number of fused-ring (bicyclic) bond motifs is 1. The van der Waals surface area contributed by atoms with E-state index in [0.29, 0.717) is 30.2 Å². The van der Waals surface area contributed by atoms with E-state index in [9.17, 15) is 9.59 Å². The second kappa shape index (κ2) is 7.99. The van der Waals surface area contributed by atoms with Crippen molar-refractivity contribution in [2.45, 2.75) is 32.9 Å². The number of imidazole rings is 1. The van der Waals surface area contributed by atoms with Crippen molar-refractivity contribution in [2.24, 2.45) is 0 Å². The molecule has 2 aromatic carbocycles. The zero-order chi connectivity index (χ0) is 19.4. The number of nitrogens with one attached hydrogen (secondary N) is 1. The van der Waals surface area contributed by atoms with Crippen LogP contribution in [0.2, 0.25) is 0 Å². The Labute approximate surface area is 157 Å². The van der Waals surface area contributed by atoms with E-state index in [2.05, 4.69) is 5.32 Å².